The zero-order chi connectivity index (χ0) is 20.5. The van der Waals surface area contributed by atoms with Crippen molar-refractivity contribution in [2.75, 3.05) is 13.6 Å². The minimum atomic E-state index is -0.129. The highest BCUT2D eigenvalue weighted by Crippen LogP contribution is 2.19. The summed E-state index contributed by atoms with van der Waals surface area (Å²) in [4.78, 5) is 18.0. The number of amides is 1. The van der Waals surface area contributed by atoms with Crippen LogP contribution in [0.5, 0.6) is 0 Å². The second-order valence-electron chi connectivity index (χ2n) is 6.69. The Morgan fingerprint density at radius 1 is 1.10 bits per heavy atom. The summed E-state index contributed by atoms with van der Waals surface area (Å²) in [7, 11) is 1.75. The predicted molar refractivity (Wildman–Crippen MR) is 117 cm³/mol. The predicted octanol–water partition coefficient (Wildman–Crippen LogP) is 3.74. The van der Waals surface area contributed by atoms with Crippen molar-refractivity contribution in [3.05, 3.63) is 81.9 Å². The SMILES string of the molecule is CN=C(NCc1cccc(C(=O)NCc2ccco2)c1)NCC(C)c1cccs1. The molecule has 29 heavy (non-hydrogen) atoms. The first-order valence-electron chi connectivity index (χ1n) is 9.53. The molecule has 0 aliphatic carbocycles. The number of carbonyl (C=O) groups excluding carboxylic acids is 1. The van der Waals surface area contributed by atoms with E-state index < -0.39 is 0 Å². The summed E-state index contributed by atoms with van der Waals surface area (Å²) in [5, 5.41) is 11.6. The van der Waals surface area contributed by atoms with Gasteiger partial charge in [-0.05, 0) is 41.3 Å². The van der Waals surface area contributed by atoms with Crippen molar-refractivity contribution in [3.8, 4) is 0 Å². The third kappa shape index (κ3) is 6.22. The van der Waals surface area contributed by atoms with Crippen molar-refractivity contribution in [3.63, 3.8) is 0 Å². The van der Waals surface area contributed by atoms with E-state index in [4.69, 9.17) is 4.42 Å². The van der Waals surface area contributed by atoms with E-state index in [2.05, 4.69) is 45.4 Å². The Balaban J connectivity index is 1.49. The maximum Gasteiger partial charge on any atom is 0.251 e. The van der Waals surface area contributed by atoms with E-state index in [1.54, 1.807) is 36.8 Å². The number of rotatable bonds is 8. The summed E-state index contributed by atoms with van der Waals surface area (Å²) in [6.45, 7) is 3.94. The first-order chi connectivity index (χ1) is 14.2. The van der Waals surface area contributed by atoms with Crippen LogP contribution in [0.25, 0.3) is 0 Å². The van der Waals surface area contributed by atoms with Crippen LogP contribution in [-0.4, -0.2) is 25.5 Å². The van der Waals surface area contributed by atoms with Gasteiger partial charge in [-0.1, -0.05) is 25.1 Å². The molecule has 1 aromatic carbocycles. The summed E-state index contributed by atoms with van der Waals surface area (Å²) in [5.41, 5.74) is 1.62. The van der Waals surface area contributed by atoms with Crippen molar-refractivity contribution in [2.45, 2.75) is 25.9 Å². The summed E-state index contributed by atoms with van der Waals surface area (Å²) >= 11 is 1.76. The van der Waals surface area contributed by atoms with Crippen molar-refractivity contribution >= 4 is 23.2 Å². The van der Waals surface area contributed by atoms with E-state index >= 15 is 0 Å². The number of thiophene rings is 1. The largest absolute Gasteiger partial charge is 0.467 e. The van der Waals surface area contributed by atoms with Crippen molar-refractivity contribution in [1.82, 2.24) is 16.0 Å². The quantitative estimate of drug-likeness (QED) is 0.390. The summed E-state index contributed by atoms with van der Waals surface area (Å²) < 4.78 is 5.24. The molecule has 0 saturated heterocycles. The fourth-order valence-corrected chi connectivity index (χ4v) is 3.62. The monoisotopic (exact) mass is 410 g/mol. The molecule has 0 aliphatic rings. The van der Waals surface area contributed by atoms with E-state index in [-0.39, 0.29) is 5.91 Å². The van der Waals surface area contributed by atoms with Crippen molar-refractivity contribution < 1.29 is 9.21 Å². The molecule has 6 nitrogen and oxygen atoms in total. The molecule has 0 spiro atoms. The highest BCUT2D eigenvalue weighted by molar-refractivity contribution is 7.10. The molecule has 1 atom stereocenters. The lowest BCUT2D eigenvalue weighted by Crippen LogP contribution is -2.38. The van der Waals surface area contributed by atoms with Crippen molar-refractivity contribution in [1.29, 1.82) is 0 Å². The highest BCUT2D eigenvalue weighted by Gasteiger charge is 2.09. The molecule has 0 bridgehead atoms. The minimum Gasteiger partial charge on any atom is -0.467 e. The number of nitrogens with one attached hydrogen (secondary N) is 3. The van der Waals surface area contributed by atoms with Gasteiger partial charge in [0.25, 0.3) is 5.91 Å². The molecule has 3 aromatic rings. The van der Waals surface area contributed by atoms with Crippen LogP contribution in [-0.2, 0) is 13.1 Å². The highest BCUT2D eigenvalue weighted by atomic mass is 32.1. The summed E-state index contributed by atoms with van der Waals surface area (Å²) in [6, 6.07) is 15.4. The van der Waals surface area contributed by atoms with Gasteiger partial charge in [-0.3, -0.25) is 9.79 Å². The van der Waals surface area contributed by atoms with Gasteiger partial charge in [0, 0.05) is 36.5 Å². The Hall–Kier alpha value is -3.06. The number of furan rings is 1. The second kappa shape index (κ2) is 10.5. The number of guanidine groups is 1. The van der Waals surface area contributed by atoms with E-state index in [0.717, 1.165) is 23.8 Å². The van der Waals surface area contributed by atoms with Crippen LogP contribution in [0.2, 0.25) is 0 Å². The smallest absolute Gasteiger partial charge is 0.251 e. The molecule has 3 rings (SSSR count). The molecule has 1 unspecified atom stereocenters. The number of hydrogen-bond acceptors (Lipinski definition) is 4. The first-order valence-corrected chi connectivity index (χ1v) is 10.4. The van der Waals surface area contributed by atoms with Crippen LogP contribution < -0.4 is 16.0 Å². The molecule has 2 aromatic heterocycles. The van der Waals surface area contributed by atoms with Gasteiger partial charge < -0.3 is 20.4 Å². The number of carbonyl (C=O) groups is 1. The molecule has 3 N–H and O–H groups in total. The molecule has 7 heteroatoms. The Labute approximate surface area is 175 Å². The van der Waals surface area contributed by atoms with Crippen LogP contribution in [0.15, 0.2) is 69.6 Å². The number of nitrogens with zero attached hydrogens (tertiary/aromatic N) is 1. The molecule has 152 valence electrons. The van der Waals surface area contributed by atoms with E-state index in [1.807, 2.05) is 24.3 Å². The lowest BCUT2D eigenvalue weighted by atomic mass is 10.1. The third-order valence-electron chi connectivity index (χ3n) is 4.48. The third-order valence-corrected chi connectivity index (χ3v) is 5.58. The van der Waals surface area contributed by atoms with Gasteiger partial charge >= 0.3 is 0 Å². The fourth-order valence-electron chi connectivity index (χ4n) is 2.83. The van der Waals surface area contributed by atoms with Gasteiger partial charge in [-0.2, -0.15) is 0 Å². The van der Waals surface area contributed by atoms with Crippen LogP contribution in [0.1, 0.15) is 39.4 Å². The lowest BCUT2D eigenvalue weighted by molar-refractivity contribution is 0.0948. The standard InChI is InChI=1S/C22H26N4O2S/c1-16(20-9-5-11-29-20)13-25-22(23-2)26-14-17-6-3-7-18(12-17)21(27)24-15-19-8-4-10-28-19/h3-12,16H,13-15H2,1-2H3,(H,24,27)(H2,23,25,26). The zero-order valence-corrected chi connectivity index (χ0v) is 17.5. The molecular weight excluding hydrogens is 384 g/mol. The molecule has 0 aliphatic heterocycles. The van der Waals surface area contributed by atoms with Gasteiger partial charge in [0.1, 0.15) is 5.76 Å². The minimum absolute atomic E-state index is 0.129. The first kappa shape index (κ1) is 20.7. The Bertz CT molecular complexity index is 920. The van der Waals surface area contributed by atoms with Crippen LogP contribution in [0, 0.1) is 0 Å². The topological polar surface area (TPSA) is 78.7 Å². The number of hydrogen-bond donors (Lipinski definition) is 3. The van der Waals surface area contributed by atoms with Crippen molar-refractivity contribution in [2.24, 2.45) is 4.99 Å². The maximum atomic E-state index is 12.4. The van der Waals surface area contributed by atoms with Gasteiger partial charge in [0.15, 0.2) is 5.96 Å². The second-order valence-corrected chi connectivity index (χ2v) is 7.66. The fraction of sp³-hybridized carbons (Fsp3) is 0.273. The number of benzene rings is 1. The Morgan fingerprint density at radius 2 is 2.00 bits per heavy atom. The van der Waals surface area contributed by atoms with E-state index in [9.17, 15) is 4.79 Å². The summed E-state index contributed by atoms with van der Waals surface area (Å²) in [5.74, 6) is 1.74. The van der Waals surface area contributed by atoms with Crippen LogP contribution >= 0.6 is 11.3 Å². The van der Waals surface area contributed by atoms with Gasteiger partial charge in [0.2, 0.25) is 0 Å². The molecule has 0 saturated carbocycles. The Kier molecular flexibility index (Phi) is 7.47. The molecule has 2 heterocycles. The van der Waals surface area contributed by atoms with Crippen LogP contribution in [0.4, 0.5) is 0 Å². The van der Waals surface area contributed by atoms with Gasteiger partial charge in [-0.25, -0.2) is 0 Å². The molecular formula is C22H26N4O2S. The average molecular weight is 411 g/mol. The van der Waals surface area contributed by atoms with Crippen LogP contribution in [0.3, 0.4) is 0 Å². The molecule has 1 amide bonds. The maximum absolute atomic E-state index is 12.4. The molecule has 0 fully saturated rings. The van der Waals surface area contributed by atoms with E-state index in [1.165, 1.54) is 4.88 Å². The zero-order valence-electron chi connectivity index (χ0n) is 16.6. The van der Waals surface area contributed by atoms with E-state index in [0.29, 0.717) is 24.6 Å². The molecule has 0 radical (unpaired) electrons. The van der Waals surface area contributed by atoms with Gasteiger partial charge in [-0.15, -0.1) is 11.3 Å². The number of aliphatic imine (C=N–C) groups is 1. The Morgan fingerprint density at radius 3 is 2.72 bits per heavy atom. The normalized spacial score (nSPS) is 12.4. The lowest BCUT2D eigenvalue weighted by Gasteiger charge is -2.15. The van der Waals surface area contributed by atoms with Gasteiger partial charge in [0.05, 0.1) is 12.8 Å². The average Bonchev–Trinajstić information content (AvgIpc) is 3.46. The summed E-state index contributed by atoms with van der Waals surface area (Å²) in [6.07, 6.45) is 1.59.